The van der Waals surface area contributed by atoms with E-state index in [4.69, 9.17) is 0 Å². The van der Waals surface area contributed by atoms with Crippen molar-refractivity contribution < 1.29 is 4.65 Å². The summed E-state index contributed by atoms with van der Waals surface area (Å²) in [6, 6.07) is 21.0. The summed E-state index contributed by atoms with van der Waals surface area (Å²) in [6.45, 7) is 5.91. The minimum atomic E-state index is -0.101. The molecule has 0 amide bonds. The molecule has 1 saturated heterocycles. The Hall–Kier alpha value is -1.68. The van der Waals surface area contributed by atoms with E-state index < -0.39 is 0 Å². The predicted molar refractivity (Wildman–Crippen MR) is 89.8 cm³/mol. The van der Waals surface area contributed by atoms with Crippen LogP contribution in [0.5, 0.6) is 0 Å². The van der Waals surface area contributed by atoms with E-state index in [1.54, 1.807) is 0 Å². The first-order valence-electron chi connectivity index (χ1n) is 8.04. The summed E-state index contributed by atoms with van der Waals surface area (Å²) in [5, 5.41) is 13.0. The molecule has 0 N–H and O–H groups in total. The van der Waals surface area contributed by atoms with Crippen LogP contribution in [0.2, 0.25) is 0 Å². The molecule has 2 atom stereocenters. The Kier molecular flexibility index (Phi) is 4.57. The van der Waals surface area contributed by atoms with Crippen LogP contribution in [-0.4, -0.2) is 35.2 Å². The zero-order valence-electron chi connectivity index (χ0n) is 13.2. The van der Waals surface area contributed by atoms with Gasteiger partial charge in [-0.2, -0.15) is 0 Å². The SMILES string of the molecule is CC1C[N+]([O-])(Cc2ccccc2)CCN1Cc1ccccc1. The standard InChI is InChI=1S/C19H24N2O/c1-17-15-21(22,16-19-10-6-3-7-11-19)13-12-20(17)14-18-8-4-2-5-9-18/h2-11,17H,12-16H2,1H3. The molecule has 3 rings (SSSR count). The lowest BCUT2D eigenvalue weighted by Gasteiger charge is -2.51. The summed E-state index contributed by atoms with van der Waals surface area (Å²) < 4.78 is -0.101. The zero-order chi connectivity index (χ0) is 15.4. The van der Waals surface area contributed by atoms with Crippen LogP contribution >= 0.6 is 0 Å². The predicted octanol–water partition coefficient (Wildman–Crippen LogP) is 3.41. The molecule has 0 spiro atoms. The fourth-order valence-electron chi connectivity index (χ4n) is 3.33. The molecule has 0 aliphatic carbocycles. The van der Waals surface area contributed by atoms with Crippen LogP contribution in [0.15, 0.2) is 60.7 Å². The number of hydrogen-bond acceptors (Lipinski definition) is 2. The fraction of sp³-hybridized carbons (Fsp3) is 0.368. The molecule has 1 heterocycles. The molecule has 0 aromatic heterocycles. The first kappa shape index (κ1) is 15.2. The van der Waals surface area contributed by atoms with Gasteiger partial charge in [0.15, 0.2) is 0 Å². The molecule has 1 fully saturated rings. The molecule has 2 aromatic rings. The lowest BCUT2D eigenvalue weighted by molar-refractivity contribution is -0.901. The molecule has 116 valence electrons. The number of hydrogen-bond donors (Lipinski definition) is 0. The first-order chi connectivity index (χ1) is 10.6. The summed E-state index contributed by atoms with van der Waals surface area (Å²) in [5.74, 6) is 0. The molecule has 3 heteroatoms. The normalized spacial score (nSPS) is 26.0. The Morgan fingerprint density at radius 1 is 1.00 bits per heavy atom. The highest BCUT2D eigenvalue weighted by Gasteiger charge is 2.31. The highest BCUT2D eigenvalue weighted by atomic mass is 16.5. The third-order valence-electron chi connectivity index (χ3n) is 4.56. The second-order valence-corrected chi connectivity index (χ2v) is 6.41. The van der Waals surface area contributed by atoms with E-state index in [2.05, 4.69) is 48.2 Å². The van der Waals surface area contributed by atoms with Gasteiger partial charge in [0, 0.05) is 18.7 Å². The lowest BCUT2D eigenvalue weighted by Crippen LogP contribution is -2.59. The average molecular weight is 296 g/mol. The summed E-state index contributed by atoms with van der Waals surface area (Å²) in [7, 11) is 0. The Balaban J connectivity index is 1.61. The molecular weight excluding hydrogens is 272 g/mol. The van der Waals surface area contributed by atoms with Crippen molar-refractivity contribution in [3.8, 4) is 0 Å². The minimum Gasteiger partial charge on any atom is -0.632 e. The molecule has 3 nitrogen and oxygen atoms in total. The summed E-state index contributed by atoms with van der Waals surface area (Å²) in [5.41, 5.74) is 2.46. The van der Waals surface area contributed by atoms with Crippen molar-refractivity contribution in [2.75, 3.05) is 19.6 Å². The third kappa shape index (κ3) is 3.74. The highest BCUT2D eigenvalue weighted by molar-refractivity contribution is 5.15. The quantitative estimate of drug-likeness (QED) is 0.638. The Bertz CT molecular complexity index is 587. The van der Waals surface area contributed by atoms with Crippen molar-refractivity contribution in [1.29, 1.82) is 0 Å². The molecule has 0 bridgehead atoms. The fourth-order valence-corrected chi connectivity index (χ4v) is 3.33. The van der Waals surface area contributed by atoms with Gasteiger partial charge in [-0.05, 0) is 12.5 Å². The van der Waals surface area contributed by atoms with Crippen molar-refractivity contribution in [3.05, 3.63) is 77.0 Å². The number of quaternary nitrogens is 1. The van der Waals surface area contributed by atoms with Gasteiger partial charge in [-0.1, -0.05) is 60.7 Å². The van der Waals surface area contributed by atoms with Crippen LogP contribution in [0.4, 0.5) is 0 Å². The number of benzene rings is 2. The van der Waals surface area contributed by atoms with Gasteiger partial charge in [0.25, 0.3) is 0 Å². The first-order valence-corrected chi connectivity index (χ1v) is 8.04. The maximum absolute atomic E-state index is 13.0. The molecular formula is C19H24N2O. The van der Waals surface area contributed by atoms with Crippen molar-refractivity contribution in [2.45, 2.75) is 26.1 Å². The number of rotatable bonds is 4. The molecule has 1 aliphatic rings. The van der Waals surface area contributed by atoms with E-state index in [1.165, 1.54) is 5.56 Å². The lowest BCUT2D eigenvalue weighted by atomic mass is 10.1. The van der Waals surface area contributed by atoms with Crippen LogP contribution in [0.25, 0.3) is 0 Å². The highest BCUT2D eigenvalue weighted by Crippen LogP contribution is 2.22. The zero-order valence-corrected chi connectivity index (χ0v) is 13.2. The molecule has 22 heavy (non-hydrogen) atoms. The van der Waals surface area contributed by atoms with Crippen LogP contribution in [0.3, 0.4) is 0 Å². The van der Waals surface area contributed by atoms with Gasteiger partial charge < -0.3 is 9.85 Å². The smallest absolute Gasteiger partial charge is 0.104 e. The molecule has 2 aromatic carbocycles. The Labute approximate surface area is 133 Å². The van der Waals surface area contributed by atoms with Crippen molar-refractivity contribution in [1.82, 2.24) is 4.90 Å². The van der Waals surface area contributed by atoms with E-state index in [9.17, 15) is 5.21 Å². The number of hydroxylamine groups is 3. The van der Waals surface area contributed by atoms with E-state index in [0.717, 1.165) is 18.7 Å². The topological polar surface area (TPSA) is 26.3 Å². The molecule has 1 aliphatic heterocycles. The van der Waals surface area contributed by atoms with E-state index in [1.807, 2.05) is 24.3 Å². The van der Waals surface area contributed by atoms with Gasteiger partial charge in [-0.3, -0.25) is 4.90 Å². The van der Waals surface area contributed by atoms with Crippen LogP contribution in [0.1, 0.15) is 18.1 Å². The molecule has 0 saturated carbocycles. The van der Waals surface area contributed by atoms with E-state index >= 15 is 0 Å². The van der Waals surface area contributed by atoms with Crippen LogP contribution < -0.4 is 0 Å². The van der Waals surface area contributed by atoms with Crippen molar-refractivity contribution in [3.63, 3.8) is 0 Å². The van der Waals surface area contributed by atoms with Crippen LogP contribution in [0, 0.1) is 5.21 Å². The number of nitrogens with zero attached hydrogens (tertiary/aromatic N) is 2. The van der Waals surface area contributed by atoms with Gasteiger partial charge in [-0.15, -0.1) is 0 Å². The van der Waals surface area contributed by atoms with E-state index in [-0.39, 0.29) is 4.65 Å². The van der Waals surface area contributed by atoms with Gasteiger partial charge >= 0.3 is 0 Å². The van der Waals surface area contributed by atoms with Gasteiger partial charge in [0.1, 0.15) is 6.54 Å². The minimum absolute atomic E-state index is 0.101. The number of piperazine rings is 1. The maximum Gasteiger partial charge on any atom is 0.104 e. The van der Waals surface area contributed by atoms with Crippen molar-refractivity contribution >= 4 is 0 Å². The van der Waals surface area contributed by atoms with Crippen molar-refractivity contribution in [2.24, 2.45) is 0 Å². The van der Waals surface area contributed by atoms with Gasteiger partial charge in [0.2, 0.25) is 0 Å². The molecule has 2 unspecified atom stereocenters. The Morgan fingerprint density at radius 3 is 2.18 bits per heavy atom. The second-order valence-electron chi connectivity index (χ2n) is 6.41. The van der Waals surface area contributed by atoms with E-state index in [0.29, 0.717) is 25.7 Å². The second kappa shape index (κ2) is 6.61. The molecule has 0 radical (unpaired) electrons. The third-order valence-corrected chi connectivity index (χ3v) is 4.56. The average Bonchev–Trinajstić information content (AvgIpc) is 2.52. The summed E-state index contributed by atoms with van der Waals surface area (Å²) in [4.78, 5) is 2.43. The van der Waals surface area contributed by atoms with Crippen LogP contribution in [-0.2, 0) is 13.1 Å². The summed E-state index contributed by atoms with van der Waals surface area (Å²) >= 11 is 0. The Morgan fingerprint density at radius 2 is 1.59 bits per heavy atom. The van der Waals surface area contributed by atoms with Gasteiger partial charge in [0.05, 0.1) is 19.1 Å². The van der Waals surface area contributed by atoms with Gasteiger partial charge in [-0.25, -0.2) is 0 Å². The monoisotopic (exact) mass is 296 g/mol. The summed E-state index contributed by atoms with van der Waals surface area (Å²) in [6.07, 6.45) is 0. The largest absolute Gasteiger partial charge is 0.632 e. The maximum atomic E-state index is 13.0.